The number of carbonyl (C=O) groups is 1. The van der Waals surface area contributed by atoms with Gasteiger partial charge in [0.1, 0.15) is 116 Å². The van der Waals surface area contributed by atoms with E-state index in [1.165, 1.54) is 18.3 Å². The van der Waals surface area contributed by atoms with E-state index in [2.05, 4.69) is 4.98 Å². The number of nitrogens with zero attached hydrogens (tertiary/aromatic N) is 1. The Hall–Kier alpha value is -2.14. The van der Waals surface area contributed by atoms with E-state index >= 15 is 0 Å². The Balaban J connectivity index is 2.82. The van der Waals surface area contributed by atoms with Gasteiger partial charge in [-0.2, -0.15) is 0 Å². The van der Waals surface area contributed by atoms with E-state index in [1.54, 1.807) is 0 Å². The van der Waals surface area contributed by atoms with Gasteiger partial charge in [-0.3, -0.25) is 4.98 Å². The summed E-state index contributed by atoms with van der Waals surface area (Å²) in [5.74, 6) is -0.993. The van der Waals surface area contributed by atoms with Gasteiger partial charge in [0.05, 0.1) is 12.2 Å². The van der Waals surface area contributed by atoms with Crippen molar-refractivity contribution in [3.63, 3.8) is 0 Å². The van der Waals surface area contributed by atoms with Crippen LogP contribution in [0.3, 0.4) is 0 Å². The summed E-state index contributed by atoms with van der Waals surface area (Å²) in [6, 6.07) is 2.70. The van der Waals surface area contributed by atoms with Gasteiger partial charge in [0.15, 0.2) is 0 Å². The molecule has 22 heteroatoms. The molecule has 1 heterocycles. The van der Waals surface area contributed by atoms with Crippen LogP contribution in [0.2, 0.25) is 0 Å². The summed E-state index contributed by atoms with van der Waals surface area (Å²) in [7, 11) is 0. The van der Waals surface area contributed by atoms with Crippen molar-refractivity contribution in [2.24, 2.45) is 0 Å². The molecular formula is C26H45NO21. The average Bonchev–Trinajstić information content (AvgIpc) is 3.11. The predicted octanol–water partition coefficient (Wildman–Crippen LogP) is -11.3. The zero-order valence-electron chi connectivity index (χ0n) is 24.9. The highest BCUT2D eigenvalue weighted by Gasteiger charge is 2.47. The van der Waals surface area contributed by atoms with Gasteiger partial charge < -0.3 is 102 Å². The summed E-state index contributed by atoms with van der Waals surface area (Å²) in [6.45, 7) is -2.05. The van der Waals surface area contributed by atoms with E-state index in [-0.39, 0.29) is 5.56 Å². The Morgan fingerprint density at radius 1 is 0.500 bits per heavy atom. The third-order valence-electron chi connectivity index (χ3n) is 7.51. The number of hydrogen-bond acceptors (Lipinski definition) is 22. The molecule has 0 spiro atoms. The van der Waals surface area contributed by atoms with E-state index in [0.717, 1.165) is 6.20 Å². The molecule has 1 rings (SSSR count). The number of esters is 1. The number of ether oxygens (including phenoxy) is 1. The highest BCUT2D eigenvalue weighted by atomic mass is 16.5. The van der Waals surface area contributed by atoms with Crippen LogP contribution in [0.1, 0.15) is 10.4 Å². The summed E-state index contributed by atoms with van der Waals surface area (Å²) in [6.07, 6.45) is -43.8. The number of carbonyl (C=O) groups excluding carboxylic acids is 1. The lowest BCUT2D eigenvalue weighted by Crippen LogP contribution is -2.61. The molecular weight excluding hydrogens is 662 g/mol. The summed E-state index contributed by atoms with van der Waals surface area (Å²) in [4.78, 5) is 15.6. The van der Waals surface area contributed by atoms with Crippen LogP contribution in [0.5, 0.6) is 0 Å². The van der Waals surface area contributed by atoms with Crippen molar-refractivity contribution in [2.45, 2.75) is 110 Å². The maximum Gasteiger partial charge on any atom is 0.339 e. The summed E-state index contributed by atoms with van der Waals surface area (Å²) in [5, 5.41) is 190. The van der Waals surface area contributed by atoms with Crippen molar-refractivity contribution in [1.29, 1.82) is 0 Å². The second kappa shape index (κ2) is 19.9. The molecule has 0 bridgehead atoms. The monoisotopic (exact) mass is 707 g/mol. The van der Waals surface area contributed by atoms with Crippen LogP contribution in [0.4, 0.5) is 0 Å². The molecule has 280 valence electrons. The van der Waals surface area contributed by atoms with Crippen LogP contribution >= 0.6 is 0 Å². The Morgan fingerprint density at radius 2 is 0.792 bits per heavy atom. The molecule has 0 fully saturated rings. The normalized spacial score (nSPS) is 23.7. The Labute approximate surface area is 271 Å². The Morgan fingerprint density at radius 3 is 1.06 bits per heavy atom. The zero-order chi connectivity index (χ0) is 37.2. The molecule has 22 nitrogen and oxygen atoms in total. The number of pyridine rings is 1. The molecule has 0 saturated heterocycles. The molecule has 1 aromatic rings. The fraction of sp³-hybridized carbons (Fsp3) is 0.769. The number of aromatic nitrogens is 1. The topological polar surface area (TPSA) is 424 Å². The predicted molar refractivity (Wildman–Crippen MR) is 150 cm³/mol. The van der Waals surface area contributed by atoms with E-state index in [0.29, 0.717) is 0 Å². The van der Waals surface area contributed by atoms with Gasteiger partial charge in [-0.1, -0.05) is 0 Å². The van der Waals surface area contributed by atoms with Gasteiger partial charge in [-0.05, 0) is 12.1 Å². The first-order valence-electron chi connectivity index (χ1n) is 14.2. The van der Waals surface area contributed by atoms with Crippen LogP contribution in [-0.2, 0) is 4.74 Å². The van der Waals surface area contributed by atoms with Crippen molar-refractivity contribution >= 4 is 5.97 Å². The highest BCUT2D eigenvalue weighted by Crippen LogP contribution is 2.21. The number of hydrogen-bond donors (Lipinski definition) is 19. The van der Waals surface area contributed by atoms with Crippen LogP contribution in [0.25, 0.3) is 0 Å². The maximum absolute atomic E-state index is 11.9. The first-order chi connectivity index (χ1) is 22.2. The second-order valence-electron chi connectivity index (χ2n) is 11.0. The molecule has 1 aromatic heterocycles. The lowest BCUT2D eigenvalue weighted by molar-refractivity contribution is -0.211. The van der Waals surface area contributed by atoms with Gasteiger partial charge in [-0.15, -0.1) is 0 Å². The van der Waals surface area contributed by atoms with E-state index in [1.807, 2.05) is 0 Å². The molecule has 0 aliphatic heterocycles. The third-order valence-corrected chi connectivity index (χ3v) is 7.51. The Kier molecular flexibility index (Phi) is 18.2. The number of aliphatic hydroxyl groups excluding tert-OH is 19. The second-order valence-corrected chi connectivity index (χ2v) is 11.0. The van der Waals surface area contributed by atoms with Gasteiger partial charge in [0, 0.05) is 12.4 Å². The standard InChI is InChI=1S/C26H45NO21/c28-5-8(29)10(31)12(33)14(35)16(37)18(39)20(41)22(43)24(45)25(46)23(44)21(42)19(40)17(38)15(36)13(34)11(32)9(30)6-48-26(47)7-2-1-3-27-4-7/h1-4,8-25,28-46H,5-6H2. The minimum absolute atomic E-state index is 0.0415. The lowest BCUT2D eigenvalue weighted by atomic mass is 9.87. The van der Waals surface area contributed by atoms with Crippen LogP contribution in [-0.4, -0.2) is 231 Å². The molecule has 0 aliphatic carbocycles. The smallest absolute Gasteiger partial charge is 0.339 e. The third kappa shape index (κ3) is 11.2. The molecule has 0 radical (unpaired) electrons. The molecule has 18 unspecified atom stereocenters. The number of aliphatic hydroxyl groups is 19. The van der Waals surface area contributed by atoms with Gasteiger partial charge in [0.2, 0.25) is 0 Å². The van der Waals surface area contributed by atoms with Crippen LogP contribution in [0, 0.1) is 0 Å². The van der Waals surface area contributed by atoms with Crippen molar-refractivity contribution in [1.82, 2.24) is 4.98 Å². The zero-order valence-corrected chi connectivity index (χ0v) is 24.9. The average molecular weight is 708 g/mol. The molecule has 0 aromatic carbocycles. The van der Waals surface area contributed by atoms with Crippen molar-refractivity contribution in [3.05, 3.63) is 30.1 Å². The summed E-state index contributed by atoms with van der Waals surface area (Å²) >= 11 is 0. The molecule has 0 aliphatic rings. The minimum atomic E-state index is -2.78. The molecule has 48 heavy (non-hydrogen) atoms. The van der Waals surface area contributed by atoms with Crippen LogP contribution < -0.4 is 0 Å². The summed E-state index contributed by atoms with van der Waals surface area (Å²) < 4.78 is 4.74. The fourth-order valence-corrected chi connectivity index (χ4v) is 4.22. The molecule has 0 amide bonds. The van der Waals surface area contributed by atoms with E-state index in [4.69, 9.17) is 9.84 Å². The molecule has 19 N–H and O–H groups in total. The van der Waals surface area contributed by atoms with Crippen molar-refractivity contribution < 1.29 is 107 Å². The molecule has 18 atom stereocenters. The van der Waals surface area contributed by atoms with Crippen molar-refractivity contribution in [2.75, 3.05) is 13.2 Å². The quantitative estimate of drug-likeness (QED) is 0.0527. The lowest BCUT2D eigenvalue weighted by Gasteiger charge is -2.37. The first-order valence-corrected chi connectivity index (χ1v) is 14.2. The van der Waals surface area contributed by atoms with Gasteiger partial charge >= 0.3 is 5.97 Å². The highest BCUT2D eigenvalue weighted by molar-refractivity contribution is 5.88. The maximum atomic E-state index is 11.9. The van der Waals surface area contributed by atoms with Crippen LogP contribution in [0.15, 0.2) is 24.5 Å². The fourth-order valence-electron chi connectivity index (χ4n) is 4.22. The molecule has 0 saturated carbocycles. The van der Waals surface area contributed by atoms with E-state index in [9.17, 15) is 96.7 Å². The SMILES string of the molecule is O=C(OCC(O)C(O)C(O)C(O)C(O)C(O)C(O)C(O)C(O)C(O)C(O)C(O)C(O)C(O)C(O)C(O)C(O)C(O)CO)c1cccnc1. The van der Waals surface area contributed by atoms with E-state index < -0.39 is 129 Å². The van der Waals surface area contributed by atoms with Crippen molar-refractivity contribution in [3.8, 4) is 0 Å². The minimum Gasteiger partial charge on any atom is -0.459 e. The summed E-state index contributed by atoms with van der Waals surface area (Å²) in [5.41, 5.74) is -0.0415. The number of rotatable bonds is 21. The largest absolute Gasteiger partial charge is 0.459 e. The van der Waals surface area contributed by atoms with Gasteiger partial charge in [0.25, 0.3) is 0 Å². The first kappa shape index (κ1) is 43.9. The van der Waals surface area contributed by atoms with Gasteiger partial charge in [-0.25, -0.2) is 4.79 Å². The Bertz CT molecular complexity index is 1060.